The number of pyridine rings is 1. The van der Waals surface area contributed by atoms with Gasteiger partial charge in [0.05, 0.1) is 6.61 Å². The number of aromatic nitrogens is 3. The summed E-state index contributed by atoms with van der Waals surface area (Å²) in [6.07, 6.45) is 5.12. The average Bonchev–Trinajstić information content (AvgIpc) is 2.89. The number of anilines is 2. The van der Waals surface area contributed by atoms with Gasteiger partial charge in [-0.1, -0.05) is 36.2 Å². The molecule has 4 heterocycles. The Bertz CT molecular complexity index is 1030. The summed E-state index contributed by atoms with van der Waals surface area (Å²) in [6.45, 7) is 7.59. The van der Waals surface area contributed by atoms with Crippen LogP contribution in [0.25, 0.3) is 0 Å². The monoisotopic (exact) mass is 536 g/mol. The molecule has 12 heteroatoms. The molecule has 0 bridgehead atoms. The summed E-state index contributed by atoms with van der Waals surface area (Å²) < 4.78 is 0. The zero-order chi connectivity index (χ0) is 25.7. The molecule has 36 heavy (non-hydrogen) atoms. The highest BCUT2D eigenvalue weighted by Gasteiger charge is 2.34. The van der Waals surface area contributed by atoms with E-state index in [1.54, 1.807) is 0 Å². The van der Waals surface area contributed by atoms with Crippen LogP contribution >= 0.6 is 23.2 Å². The number of rotatable bonds is 8. The van der Waals surface area contributed by atoms with Crippen LogP contribution in [0.15, 0.2) is 18.3 Å². The fourth-order valence-corrected chi connectivity index (χ4v) is 5.47. The first kappa shape index (κ1) is 26.8. The van der Waals surface area contributed by atoms with Crippen LogP contribution in [-0.4, -0.2) is 93.7 Å². The molecule has 2 aliphatic rings. The number of nitrogens with zero attached hydrogens (tertiary/aromatic N) is 6. The number of nitrogens with one attached hydrogen (secondary N) is 1. The second kappa shape index (κ2) is 12.3. The summed E-state index contributed by atoms with van der Waals surface area (Å²) >= 11 is 12.4. The van der Waals surface area contributed by atoms with Crippen LogP contribution in [0.4, 0.5) is 11.6 Å². The number of carbonyl (C=O) groups excluding carboxylic acids is 1. The second-order valence-corrected chi connectivity index (χ2v) is 10.0. The van der Waals surface area contributed by atoms with E-state index in [1.165, 1.54) is 5.56 Å². The maximum atomic E-state index is 12.2. The van der Waals surface area contributed by atoms with Crippen molar-refractivity contribution in [1.82, 2.24) is 30.1 Å². The van der Waals surface area contributed by atoms with E-state index in [-0.39, 0.29) is 29.8 Å². The molecule has 1 atom stereocenters. The summed E-state index contributed by atoms with van der Waals surface area (Å²) in [5, 5.41) is 12.1. The lowest BCUT2D eigenvalue weighted by Gasteiger charge is -2.47. The third-order valence-corrected chi connectivity index (χ3v) is 7.47. The minimum atomic E-state index is -0.502. The number of likely N-dealkylation sites (tertiary alicyclic amines) is 1. The number of nitrogen functional groups attached to an aromatic ring is 1. The Hall–Kier alpha value is -2.24. The van der Waals surface area contributed by atoms with Crippen molar-refractivity contribution in [3.63, 3.8) is 0 Å². The van der Waals surface area contributed by atoms with E-state index in [2.05, 4.69) is 41.9 Å². The van der Waals surface area contributed by atoms with Crippen LogP contribution in [0.1, 0.15) is 42.2 Å². The zero-order valence-electron chi connectivity index (χ0n) is 20.5. The fourth-order valence-electron chi connectivity index (χ4n) is 5.11. The molecule has 10 nitrogen and oxygen atoms in total. The van der Waals surface area contributed by atoms with Gasteiger partial charge in [-0.3, -0.25) is 14.6 Å². The Kier molecular flexibility index (Phi) is 9.19. The SMILES string of the molecule is CC[C@H]1CN(c2nc(N)c(C(=O)NCCO)nc2Cl)CCN1C1CCN(Cc2ccc(Cl)nc2)CC1. The summed E-state index contributed by atoms with van der Waals surface area (Å²) in [4.78, 5) is 32.3. The standard InChI is InChI=1S/C24H34Cl2N8O2/c1-2-17-15-33(23-21(26)30-20(22(27)31-23)24(36)28-7-12-35)10-11-34(17)18-5-8-32(9-6-18)14-16-3-4-19(25)29-13-16/h3-4,13,17-18,35H,2,5-12,14-15H2,1H3,(H2,27,31)(H,28,36)/t17-/m0/s1. The highest BCUT2D eigenvalue weighted by atomic mass is 35.5. The normalized spacial score (nSPS) is 20.0. The summed E-state index contributed by atoms with van der Waals surface area (Å²) in [6, 6.07) is 4.80. The van der Waals surface area contributed by atoms with Crippen LogP contribution in [-0.2, 0) is 6.54 Å². The van der Waals surface area contributed by atoms with Gasteiger partial charge < -0.3 is 21.1 Å². The molecular weight excluding hydrogens is 503 g/mol. The molecule has 196 valence electrons. The van der Waals surface area contributed by atoms with Crippen LogP contribution in [0.5, 0.6) is 0 Å². The smallest absolute Gasteiger partial charge is 0.273 e. The van der Waals surface area contributed by atoms with Crippen molar-refractivity contribution in [1.29, 1.82) is 0 Å². The third kappa shape index (κ3) is 6.36. The van der Waals surface area contributed by atoms with Crippen LogP contribution in [0, 0.1) is 0 Å². The van der Waals surface area contributed by atoms with Gasteiger partial charge in [0.2, 0.25) is 0 Å². The minimum absolute atomic E-state index is 0.0241. The van der Waals surface area contributed by atoms with Crippen molar-refractivity contribution >= 4 is 40.7 Å². The maximum Gasteiger partial charge on any atom is 0.273 e. The Morgan fingerprint density at radius 3 is 2.64 bits per heavy atom. The van der Waals surface area contributed by atoms with E-state index >= 15 is 0 Å². The molecule has 2 aliphatic heterocycles. The van der Waals surface area contributed by atoms with Gasteiger partial charge in [-0.25, -0.2) is 15.0 Å². The van der Waals surface area contributed by atoms with Crippen LogP contribution < -0.4 is 16.0 Å². The molecule has 4 N–H and O–H groups in total. The molecule has 1 amide bonds. The molecule has 0 radical (unpaired) electrons. The van der Waals surface area contributed by atoms with Crippen molar-refractivity contribution in [2.75, 3.05) is 56.5 Å². The number of aliphatic hydroxyl groups excluding tert-OH is 1. The summed E-state index contributed by atoms with van der Waals surface area (Å²) in [5.74, 6) is 0.0402. The van der Waals surface area contributed by atoms with Crippen LogP contribution in [0.2, 0.25) is 10.3 Å². The Labute approximate surface area is 221 Å². The van der Waals surface area contributed by atoms with Gasteiger partial charge in [0.15, 0.2) is 22.5 Å². The Morgan fingerprint density at radius 2 is 1.97 bits per heavy atom. The molecular formula is C24H34Cl2N8O2. The van der Waals surface area contributed by atoms with Gasteiger partial charge in [0, 0.05) is 51.0 Å². The molecule has 0 aliphatic carbocycles. The number of aliphatic hydroxyl groups is 1. The number of nitrogens with two attached hydrogens (primary N) is 1. The molecule has 4 rings (SSSR count). The number of hydrogen-bond acceptors (Lipinski definition) is 9. The molecule has 2 aromatic heterocycles. The van der Waals surface area contributed by atoms with Gasteiger partial charge in [-0.2, -0.15) is 0 Å². The molecule has 0 unspecified atom stereocenters. The predicted octanol–water partition coefficient (Wildman–Crippen LogP) is 2.05. The van der Waals surface area contributed by atoms with E-state index in [9.17, 15) is 4.79 Å². The van der Waals surface area contributed by atoms with Gasteiger partial charge >= 0.3 is 0 Å². The Balaban J connectivity index is 1.35. The van der Waals surface area contributed by atoms with E-state index < -0.39 is 5.91 Å². The molecule has 2 saturated heterocycles. The lowest BCUT2D eigenvalue weighted by atomic mass is 9.98. The van der Waals surface area contributed by atoms with E-state index in [0.29, 0.717) is 23.1 Å². The predicted molar refractivity (Wildman–Crippen MR) is 141 cm³/mol. The van der Waals surface area contributed by atoms with E-state index in [0.717, 1.165) is 58.5 Å². The largest absolute Gasteiger partial charge is 0.395 e. The Morgan fingerprint density at radius 1 is 1.19 bits per heavy atom. The van der Waals surface area contributed by atoms with E-state index in [1.807, 2.05) is 18.3 Å². The summed E-state index contributed by atoms with van der Waals surface area (Å²) in [7, 11) is 0. The van der Waals surface area contributed by atoms with Crippen molar-refractivity contribution in [3.8, 4) is 0 Å². The van der Waals surface area contributed by atoms with Crippen molar-refractivity contribution in [2.24, 2.45) is 0 Å². The fraction of sp³-hybridized carbons (Fsp3) is 0.583. The highest BCUT2D eigenvalue weighted by molar-refractivity contribution is 6.32. The number of piperazine rings is 1. The van der Waals surface area contributed by atoms with Crippen molar-refractivity contribution < 1.29 is 9.90 Å². The van der Waals surface area contributed by atoms with Crippen LogP contribution in [0.3, 0.4) is 0 Å². The van der Waals surface area contributed by atoms with E-state index in [4.69, 9.17) is 34.0 Å². The summed E-state index contributed by atoms with van der Waals surface area (Å²) in [5.41, 5.74) is 7.21. The third-order valence-electron chi connectivity index (χ3n) is 7.00. The molecule has 2 fully saturated rings. The molecule has 0 spiro atoms. The number of hydrogen-bond donors (Lipinski definition) is 3. The van der Waals surface area contributed by atoms with Gasteiger partial charge in [0.1, 0.15) is 5.15 Å². The highest BCUT2D eigenvalue weighted by Crippen LogP contribution is 2.30. The number of carbonyl (C=O) groups is 1. The van der Waals surface area contributed by atoms with Gasteiger partial charge in [0.25, 0.3) is 5.91 Å². The van der Waals surface area contributed by atoms with Gasteiger partial charge in [-0.15, -0.1) is 0 Å². The minimum Gasteiger partial charge on any atom is -0.395 e. The number of amides is 1. The number of piperidine rings is 1. The zero-order valence-corrected chi connectivity index (χ0v) is 22.0. The lowest BCUT2D eigenvalue weighted by molar-refractivity contribution is 0.0610. The topological polar surface area (TPSA) is 124 Å². The lowest BCUT2D eigenvalue weighted by Crippen LogP contribution is -2.58. The first-order chi connectivity index (χ1) is 17.4. The molecule has 0 aromatic carbocycles. The first-order valence-corrected chi connectivity index (χ1v) is 13.2. The van der Waals surface area contributed by atoms with Crippen molar-refractivity contribution in [3.05, 3.63) is 39.9 Å². The quantitative estimate of drug-likeness (QED) is 0.434. The van der Waals surface area contributed by atoms with Crippen molar-refractivity contribution in [2.45, 2.75) is 44.8 Å². The first-order valence-electron chi connectivity index (χ1n) is 12.4. The molecule has 2 aromatic rings. The molecule has 0 saturated carbocycles. The second-order valence-electron chi connectivity index (χ2n) is 9.29. The van der Waals surface area contributed by atoms with Gasteiger partial charge in [-0.05, 0) is 44.0 Å². The number of halogens is 2. The average molecular weight is 537 g/mol. The maximum absolute atomic E-state index is 12.2.